The van der Waals surface area contributed by atoms with Crippen molar-refractivity contribution in [2.75, 3.05) is 54.0 Å². The van der Waals surface area contributed by atoms with Gasteiger partial charge in [-0.25, -0.2) is 0 Å². The molecule has 7 nitrogen and oxygen atoms in total. The van der Waals surface area contributed by atoms with Gasteiger partial charge < -0.3 is 9.64 Å². The molecule has 0 radical (unpaired) electrons. The second-order valence-electron chi connectivity index (χ2n) is 7.42. The zero-order chi connectivity index (χ0) is 17.5. The fourth-order valence-electron chi connectivity index (χ4n) is 4.47. The smallest absolute Gasteiger partial charge is 0.256 e. The van der Waals surface area contributed by atoms with Crippen LogP contribution in [-0.2, 0) is 14.3 Å². The molecule has 134 valence electrons. The van der Waals surface area contributed by atoms with Crippen LogP contribution in [-0.4, -0.2) is 91.9 Å². The Labute approximate surface area is 143 Å². The van der Waals surface area contributed by atoms with Crippen LogP contribution < -0.4 is 0 Å². The average molecular weight is 336 g/mol. The molecule has 2 fully saturated rings. The number of amidine groups is 1. The van der Waals surface area contributed by atoms with E-state index in [0.29, 0.717) is 25.6 Å². The van der Waals surface area contributed by atoms with Crippen LogP contribution >= 0.6 is 0 Å². The lowest BCUT2D eigenvalue weighted by Crippen LogP contribution is -2.47. The summed E-state index contributed by atoms with van der Waals surface area (Å²) in [7, 11) is 5.20. The number of likely N-dealkylation sites (N-methyl/N-ethyl adjacent to an activating group) is 1. The predicted molar refractivity (Wildman–Crippen MR) is 90.8 cm³/mol. The molecule has 0 aromatic rings. The van der Waals surface area contributed by atoms with Crippen LogP contribution in [0.15, 0.2) is 4.99 Å². The van der Waals surface area contributed by atoms with Gasteiger partial charge in [-0.1, -0.05) is 0 Å². The van der Waals surface area contributed by atoms with Crippen molar-refractivity contribution in [2.45, 2.75) is 25.3 Å². The first kappa shape index (κ1) is 17.4. The number of rotatable bonds is 5. The van der Waals surface area contributed by atoms with Crippen molar-refractivity contribution in [1.29, 1.82) is 0 Å². The molecule has 1 aliphatic carbocycles. The van der Waals surface area contributed by atoms with E-state index >= 15 is 0 Å². The lowest BCUT2D eigenvalue weighted by atomic mass is 9.85. The molecule has 1 saturated heterocycles. The number of methoxy groups -OCH3 is 1. The molecule has 0 bridgehead atoms. The van der Waals surface area contributed by atoms with E-state index in [0.717, 1.165) is 31.8 Å². The maximum absolute atomic E-state index is 13.1. The molecule has 7 heteroatoms. The number of aliphatic imine (C=N–C) groups is 1. The number of hydrogen-bond donors (Lipinski definition) is 0. The van der Waals surface area contributed by atoms with Crippen LogP contribution in [0, 0.1) is 11.8 Å². The molecule has 3 aliphatic rings. The third-order valence-corrected chi connectivity index (χ3v) is 5.77. The summed E-state index contributed by atoms with van der Waals surface area (Å²) < 4.78 is 5.12. The molecule has 0 aromatic carbocycles. The van der Waals surface area contributed by atoms with Crippen molar-refractivity contribution in [1.82, 2.24) is 14.7 Å². The number of carbonyl (C=O) groups excluding carboxylic acids is 2. The molecule has 1 saturated carbocycles. The SMILES string of the molecule is COCCN1C(=O)[C@]2(CC[C@@H]3CN(CC(=O)N(C)C)C[C@@H]32)N=C1C. The molecule has 0 N–H and O–H groups in total. The topological polar surface area (TPSA) is 65.5 Å². The summed E-state index contributed by atoms with van der Waals surface area (Å²) in [4.78, 5) is 35.5. The lowest BCUT2D eigenvalue weighted by Gasteiger charge is -2.28. The molecule has 2 aliphatic heterocycles. The fourth-order valence-corrected chi connectivity index (χ4v) is 4.47. The molecule has 1 spiro atoms. The van der Waals surface area contributed by atoms with E-state index in [2.05, 4.69) is 4.90 Å². The molecule has 0 unspecified atom stereocenters. The van der Waals surface area contributed by atoms with Crippen molar-refractivity contribution >= 4 is 17.6 Å². The van der Waals surface area contributed by atoms with Crippen LogP contribution in [0.4, 0.5) is 0 Å². The zero-order valence-electron chi connectivity index (χ0n) is 15.1. The second kappa shape index (κ2) is 6.44. The van der Waals surface area contributed by atoms with E-state index in [1.54, 1.807) is 31.0 Å². The highest BCUT2D eigenvalue weighted by Gasteiger charge is 2.60. The largest absolute Gasteiger partial charge is 0.383 e. The molecule has 3 atom stereocenters. The molecule has 2 heterocycles. The number of hydrogen-bond acceptors (Lipinski definition) is 5. The van der Waals surface area contributed by atoms with Gasteiger partial charge in [-0.3, -0.25) is 24.4 Å². The Bertz CT molecular complexity index is 562. The lowest BCUT2D eigenvalue weighted by molar-refractivity contribution is -0.132. The van der Waals surface area contributed by atoms with Gasteiger partial charge in [0.25, 0.3) is 5.91 Å². The van der Waals surface area contributed by atoms with Crippen molar-refractivity contribution in [3.8, 4) is 0 Å². The Balaban J connectivity index is 1.72. The molecular formula is C17H28N4O3. The highest BCUT2D eigenvalue weighted by Crippen LogP contribution is 2.50. The first-order valence-electron chi connectivity index (χ1n) is 8.69. The molecule has 0 aromatic heterocycles. The molecule has 24 heavy (non-hydrogen) atoms. The highest BCUT2D eigenvalue weighted by atomic mass is 16.5. The Morgan fingerprint density at radius 3 is 2.83 bits per heavy atom. The van der Waals surface area contributed by atoms with E-state index in [-0.39, 0.29) is 17.7 Å². The van der Waals surface area contributed by atoms with E-state index in [1.807, 2.05) is 6.92 Å². The van der Waals surface area contributed by atoms with Gasteiger partial charge in [0.15, 0.2) is 0 Å². The number of likely N-dealkylation sites (tertiary alicyclic amines) is 1. The van der Waals surface area contributed by atoms with Gasteiger partial charge in [-0.2, -0.15) is 0 Å². The van der Waals surface area contributed by atoms with E-state index in [9.17, 15) is 9.59 Å². The molecule has 2 amide bonds. The van der Waals surface area contributed by atoms with Crippen LogP contribution in [0.5, 0.6) is 0 Å². The Kier molecular flexibility index (Phi) is 4.66. The van der Waals surface area contributed by atoms with Crippen molar-refractivity contribution in [2.24, 2.45) is 16.8 Å². The summed E-state index contributed by atoms with van der Waals surface area (Å²) in [6, 6.07) is 0. The summed E-state index contributed by atoms with van der Waals surface area (Å²) in [5, 5.41) is 0. The Hall–Kier alpha value is -1.47. The minimum Gasteiger partial charge on any atom is -0.383 e. The summed E-state index contributed by atoms with van der Waals surface area (Å²) in [6.07, 6.45) is 1.84. The van der Waals surface area contributed by atoms with Gasteiger partial charge in [0, 0.05) is 40.2 Å². The fraction of sp³-hybridized carbons (Fsp3) is 0.824. The number of nitrogens with zero attached hydrogens (tertiary/aromatic N) is 4. The third kappa shape index (κ3) is 2.73. The second-order valence-corrected chi connectivity index (χ2v) is 7.42. The quantitative estimate of drug-likeness (QED) is 0.712. The monoisotopic (exact) mass is 336 g/mol. The summed E-state index contributed by atoms with van der Waals surface area (Å²) in [6.45, 7) is 5.11. The number of carbonyl (C=O) groups is 2. The first-order chi connectivity index (χ1) is 11.4. The van der Waals surface area contributed by atoms with Crippen molar-refractivity contribution in [3.05, 3.63) is 0 Å². The van der Waals surface area contributed by atoms with Gasteiger partial charge in [-0.15, -0.1) is 0 Å². The predicted octanol–water partition coefficient (Wildman–Crippen LogP) is 0.0622. The van der Waals surface area contributed by atoms with Gasteiger partial charge in [-0.05, 0) is 25.7 Å². The van der Waals surface area contributed by atoms with Crippen molar-refractivity contribution in [3.63, 3.8) is 0 Å². The molecule has 3 rings (SSSR count). The first-order valence-corrected chi connectivity index (χ1v) is 8.69. The number of ether oxygens (including phenoxy) is 1. The highest BCUT2D eigenvalue weighted by molar-refractivity contribution is 6.07. The Morgan fingerprint density at radius 1 is 1.42 bits per heavy atom. The standard InChI is InChI=1S/C17H28N4O3/c1-12-18-17(16(23)21(12)7-8-24-4)6-5-13-9-20(10-14(13)17)11-15(22)19(2)3/h13-14H,5-11H2,1-4H3/t13-,14+,17-/m1/s1. The van der Waals surface area contributed by atoms with Crippen LogP contribution in [0.25, 0.3) is 0 Å². The van der Waals surface area contributed by atoms with Gasteiger partial charge >= 0.3 is 0 Å². The number of fused-ring (bicyclic) bond motifs is 2. The Morgan fingerprint density at radius 2 is 2.17 bits per heavy atom. The van der Waals surface area contributed by atoms with E-state index in [4.69, 9.17) is 9.73 Å². The minimum atomic E-state index is -0.599. The maximum atomic E-state index is 13.1. The summed E-state index contributed by atoms with van der Waals surface area (Å²) >= 11 is 0. The average Bonchev–Trinajstić information content (AvgIpc) is 3.14. The van der Waals surface area contributed by atoms with Crippen LogP contribution in [0.1, 0.15) is 19.8 Å². The van der Waals surface area contributed by atoms with Gasteiger partial charge in [0.05, 0.1) is 19.7 Å². The zero-order valence-corrected chi connectivity index (χ0v) is 15.1. The minimum absolute atomic E-state index is 0.114. The van der Waals surface area contributed by atoms with Crippen molar-refractivity contribution < 1.29 is 14.3 Å². The maximum Gasteiger partial charge on any atom is 0.256 e. The molecular weight excluding hydrogens is 308 g/mol. The van der Waals surface area contributed by atoms with Crippen LogP contribution in [0.3, 0.4) is 0 Å². The number of amides is 2. The van der Waals surface area contributed by atoms with E-state index in [1.165, 1.54) is 0 Å². The van der Waals surface area contributed by atoms with Crippen LogP contribution in [0.2, 0.25) is 0 Å². The summed E-state index contributed by atoms with van der Waals surface area (Å²) in [5.74, 6) is 1.74. The van der Waals surface area contributed by atoms with Gasteiger partial charge in [0.1, 0.15) is 11.4 Å². The van der Waals surface area contributed by atoms with Gasteiger partial charge in [0.2, 0.25) is 5.91 Å². The summed E-state index contributed by atoms with van der Waals surface area (Å²) in [5.41, 5.74) is -0.599. The van der Waals surface area contributed by atoms with E-state index < -0.39 is 5.54 Å². The third-order valence-electron chi connectivity index (χ3n) is 5.77. The normalized spacial score (nSPS) is 32.6.